The smallest absolute Gasteiger partial charge is 0.319 e. The summed E-state index contributed by atoms with van der Waals surface area (Å²) in [5.74, 6) is -0.180. The second-order valence-corrected chi connectivity index (χ2v) is 6.93. The van der Waals surface area contributed by atoms with Crippen LogP contribution in [0.1, 0.15) is 17.5 Å². The maximum Gasteiger partial charge on any atom is 0.319 e. The minimum absolute atomic E-state index is 0.137. The molecule has 3 aromatic rings. The quantitative estimate of drug-likeness (QED) is 0.594. The summed E-state index contributed by atoms with van der Waals surface area (Å²) in [6, 6.07) is 21.8. The number of anilines is 2. The number of aliphatic imine (C=N–C) groups is 1. The van der Waals surface area contributed by atoms with Gasteiger partial charge in [-0.25, -0.2) is 4.79 Å². The van der Waals surface area contributed by atoms with Crippen LogP contribution < -0.4 is 21.4 Å². The molecule has 0 bridgehead atoms. The van der Waals surface area contributed by atoms with E-state index in [4.69, 9.17) is 7.85 Å². The van der Waals surface area contributed by atoms with Crippen LogP contribution >= 0.6 is 0 Å². The first-order valence-electron chi connectivity index (χ1n) is 9.53. The molecule has 0 saturated heterocycles. The number of carbonyl (C=O) groups is 2. The molecule has 0 spiro atoms. The van der Waals surface area contributed by atoms with Crippen molar-refractivity contribution in [1.82, 2.24) is 5.32 Å². The maximum absolute atomic E-state index is 12.4. The first-order valence-corrected chi connectivity index (χ1v) is 9.53. The Balaban J connectivity index is 1.50. The van der Waals surface area contributed by atoms with Crippen molar-refractivity contribution in [2.75, 3.05) is 10.6 Å². The first kappa shape index (κ1) is 19.5. The summed E-state index contributed by atoms with van der Waals surface area (Å²) >= 11 is 0. The van der Waals surface area contributed by atoms with Gasteiger partial charge in [-0.2, -0.15) is 0 Å². The molecule has 7 heteroatoms. The fourth-order valence-electron chi connectivity index (χ4n) is 3.18. The van der Waals surface area contributed by atoms with Gasteiger partial charge < -0.3 is 16.0 Å². The molecule has 4 rings (SSSR count). The van der Waals surface area contributed by atoms with Gasteiger partial charge in [0.1, 0.15) is 7.85 Å². The number of nitrogens with one attached hydrogen (secondary N) is 3. The fourth-order valence-corrected chi connectivity index (χ4v) is 3.18. The normalized spacial score (nSPS) is 12.8. The lowest BCUT2D eigenvalue weighted by Gasteiger charge is -2.10. The van der Waals surface area contributed by atoms with Gasteiger partial charge in [0.25, 0.3) is 0 Å². The highest BCUT2D eigenvalue weighted by Gasteiger charge is 2.18. The van der Waals surface area contributed by atoms with E-state index in [1.54, 1.807) is 30.3 Å². The van der Waals surface area contributed by atoms with Crippen molar-refractivity contribution in [3.63, 3.8) is 0 Å². The highest BCUT2D eigenvalue weighted by Crippen LogP contribution is 2.31. The molecular formula is C23H19BN4O2. The van der Waals surface area contributed by atoms with E-state index in [-0.39, 0.29) is 18.4 Å². The molecule has 0 atom stereocenters. The van der Waals surface area contributed by atoms with Crippen LogP contribution in [0.2, 0.25) is 0 Å². The summed E-state index contributed by atoms with van der Waals surface area (Å²) < 4.78 is 0. The van der Waals surface area contributed by atoms with Gasteiger partial charge >= 0.3 is 6.03 Å². The highest BCUT2D eigenvalue weighted by molar-refractivity contribution is 6.33. The molecule has 0 aliphatic carbocycles. The van der Waals surface area contributed by atoms with Gasteiger partial charge in [0.2, 0.25) is 5.91 Å². The Bertz CT molecular complexity index is 1130. The molecule has 1 heterocycles. The van der Waals surface area contributed by atoms with Gasteiger partial charge in [-0.3, -0.25) is 9.79 Å². The van der Waals surface area contributed by atoms with E-state index < -0.39 is 0 Å². The number of amides is 3. The van der Waals surface area contributed by atoms with E-state index in [1.807, 2.05) is 42.5 Å². The van der Waals surface area contributed by atoms with Crippen molar-refractivity contribution in [3.05, 3.63) is 83.9 Å². The van der Waals surface area contributed by atoms with E-state index in [0.29, 0.717) is 34.8 Å². The van der Waals surface area contributed by atoms with E-state index in [0.717, 1.165) is 11.1 Å². The molecule has 1 aliphatic heterocycles. The average molecular weight is 394 g/mol. The molecule has 1 aliphatic rings. The minimum atomic E-state index is -0.331. The molecule has 3 N–H and O–H groups in total. The van der Waals surface area contributed by atoms with Crippen LogP contribution in [0.15, 0.2) is 77.8 Å². The van der Waals surface area contributed by atoms with E-state index >= 15 is 0 Å². The monoisotopic (exact) mass is 394 g/mol. The van der Waals surface area contributed by atoms with E-state index in [9.17, 15) is 9.59 Å². The molecule has 0 saturated carbocycles. The zero-order valence-electron chi connectivity index (χ0n) is 16.2. The molecule has 3 aromatic carbocycles. The molecule has 0 aromatic heterocycles. The van der Waals surface area contributed by atoms with Crippen molar-refractivity contribution in [1.29, 1.82) is 0 Å². The maximum atomic E-state index is 12.4. The van der Waals surface area contributed by atoms with Crippen LogP contribution in [0.5, 0.6) is 0 Å². The lowest BCUT2D eigenvalue weighted by atomic mass is 9.92. The van der Waals surface area contributed by atoms with Crippen LogP contribution in [0.4, 0.5) is 21.9 Å². The summed E-state index contributed by atoms with van der Waals surface area (Å²) in [5.41, 5.74) is 4.78. The SMILES string of the molecule is [B]c1cccc(C2=Nc3ccc(NC(=O)NCc4ccccc4)cc3NC(=O)C2)c1. The molecule has 146 valence electrons. The largest absolute Gasteiger partial charge is 0.334 e. The van der Waals surface area contributed by atoms with Crippen LogP contribution in [-0.4, -0.2) is 25.5 Å². The Labute approximate surface area is 175 Å². The lowest BCUT2D eigenvalue weighted by molar-refractivity contribution is -0.115. The third-order valence-corrected chi connectivity index (χ3v) is 4.63. The molecule has 0 unspecified atom stereocenters. The fraction of sp³-hybridized carbons (Fsp3) is 0.0870. The zero-order chi connectivity index (χ0) is 20.9. The minimum Gasteiger partial charge on any atom is -0.334 e. The predicted octanol–water partition coefficient (Wildman–Crippen LogP) is 3.27. The number of urea groups is 1. The van der Waals surface area contributed by atoms with Gasteiger partial charge in [-0.1, -0.05) is 60.1 Å². The number of hydrogen-bond donors (Lipinski definition) is 3. The highest BCUT2D eigenvalue weighted by atomic mass is 16.2. The molecule has 2 radical (unpaired) electrons. The van der Waals surface area contributed by atoms with Crippen molar-refractivity contribution < 1.29 is 9.59 Å². The summed E-state index contributed by atoms with van der Waals surface area (Å²) in [6.45, 7) is 0.419. The number of nitrogens with zero attached hydrogens (tertiary/aromatic N) is 1. The number of rotatable bonds is 4. The van der Waals surface area contributed by atoms with E-state index in [2.05, 4.69) is 20.9 Å². The van der Waals surface area contributed by atoms with Crippen molar-refractivity contribution in [2.45, 2.75) is 13.0 Å². The van der Waals surface area contributed by atoms with Crippen LogP contribution in [-0.2, 0) is 11.3 Å². The Morgan fingerprint density at radius 1 is 1.03 bits per heavy atom. The molecule has 6 nitrogen and oxygen atoms in total. The molecular weight excluding hydrogens is 375 g/mol. The number of hydrogen-bond acceptors (Lipinski definition) is 3. The second-order valence-electron chi connectivity index (χ2n) is 6.93. The Hall–Kier alpha value is -3.87. The van der Waals surface area contributed by atoms with Crippen LogP contribution in [0.3, 0.4) is 0 Å². The Morgan fingerprint density at radius 2 is 1.87 bits per heavy atom. The Morgan fingerprint density at radius 3 is 2.67 bits per heavy atom. The van der Waals surface area contributed by atoms with Crippen molar-refractivity contribution in [3.8, 4) is 0 Å². The summed E-state index contributed by atoms with van der Waals surface area (Å²) in [4.78, 5) is 29.2. The summed E-state index contributed by atoms with van der Waals surface area (Å²) in [5, 5.41) is 8.44. The second kappa shape index (κ2) is 8.65. The number of carbonyl (C=O) groups excluding carboxylic acids is 2. The first-order chi connectivity index (χ1) is 14.6. The van der Waals surface area contributed by atoms with Crippen LogP contribution in [0.25, 0.3) is 0 Å². The third kappa shape index (κ3) is 4.75. The number of benzene rings is 3. The summed E-state index contributed by atoms with van der Waals surface area (Å²) in [7, 11) is 5.86. The molecule has 0 fully saturated rings. The van der Waals surface area contributed by atoms with Gasteiger partial charge in [-0.05, 0) is 29.3 Å². The average Bonchev–Trinajstić information content (AvgIpc) is 2.91. The summed E-state index contributed by atoms with van der Waals surface area (Å²) in [6.07, 6.45) is 0.137. The zero-order valence-corrected chi connectivity index (χ0v) is 16.2. The predicted molar refractivity (Wildman–Crippen MR) is 120 cm³/mol. The van der Waals surface area contributed by atoms with Crippen molar-refractivity contribution in [2.24, 2.45) is 4.99 Å². The Kier molecular flexibility index (Phi) is 5.61. The molecule has 30 heavy (non-hydrogen) atoms. The topological polar surface area (TPSA) is 82.6 Å². The standard InChI is InChI=1S/C23H19BN4O2/c24-17-8-4-7-16(11-17)20-13-22(29)28-21-12-18(9-10-19(21)27-20)26-23(30)25-14-15-5-2-1-3-6-15/h1-12H,13-14H2,(H,28,29)(H2,25,26,30). The van der Waals surface area contributed by atoms with Gasteiger partial charge in [-0.15, -0.1) is 0 Å². The van der Waals surface area contributed by atoms with E-state index in [1.165, 1.54) is 0 Å². The van der Waals surface area contributed by atoms with Crippen LogP contribution in [0, 0.1) is 0 Å². The number of fused-ring (bicyclic) bond motifs is 1. The third-order valence-electron chi connectivity index (χ3n) is 4.63. The van der Waals surface area contributed by atoms with Gasteiger partial charge in [0, 0.05) is 12.2 Å². The van der Waals surface area contributed by atoms with Crippen molar-refractivity contribution >= 4 is 48.0 Å². The molecule has 3 amide bonds. The van der Waals surface area contributed by atoms with Gasteiger partial charge in [0.15, 0.2) is 0 Å². The lowest BCUT2D eigenvalue weighted by Crippen LogP contribution is -2.28. The van der Waals surface area contributed by atoms with Gasteiger partial charge in [0.05, 0.1) is 23.5 Å².